The summed E-state index contributed by atoms with van der Waals surface area (Å²) in [4.78, 5) is 28.4. The highest BCUT2D eigenvalue weighted by Crippen LogP contribution is 2.27. The van der Waals surface area contributed by atoms with Crippen LogP contribution in [-0.2, 0) is 9.59 Å². The van der Waals surface area contributed by atoms with Gasteiger partial charge in [0.25, 0.3) is 0 Å². The number of hydrogen-bond donors (Lipinski definition) is 1. The molecule has 0 spiro atoms. The molecule has 0 bridgehead atoms. The molecular weight excluding hydrogens is 302 g/mol. The Labute approximate surface area is 140 Å². The molecule has 1 N–H and O–H groups in total. The lowest BCUT2D eigenvalue weighted by Gasteiger charge is -2.45. The van der Waals surface area contributed by atoms with Gasteiger partial charge in [-0.3, -0.25) is 9.59 Å². The van der Waals surface area contributed by atoms with Gasteiger partial charge in [-0.1, -0.05) is 6.92 Å². The minimum atomic E-state index is -0.714. The number of halogens is 1. The second-order valence-corrected chi connectivity index (χ2v) is 7.12. The lowest BCUT2D eigenvalue weighted by atomic mass is 9.84. The molecule has 0 radical (unpaired) electrons. The number of rotatable bonds is 3. The predicted octanol–water partition coefficient (Wildman–Crippen LogP) is 1.51. The second kappa shape index (κ2) is 7.64. The normalized spacial score (nSPS) is 26.4. The van der Waals surface area contributed by atoms with Crippen LogP contribution in [0.15, 0.2) is 0 Å². The SMILES string of the molecule is CC(CC(=O)N1CCN(C)C(=O)C1(C)C)C1CCCNC1.Cl. The van der Waals surface area contributed by atoms with E-state index in [1.807, 2.05) is 20.9 Å². The summed E-state index contributed by atoms with van der Waals surface area (Å²) in [6, 6.07) is 0. The molecule has 22 heavy (non-hydrogen) atoms. The first kappa shape index (κ1) is 19.2. The van der Waals surface area contributed by atoms with Crippen molar-refractivity contribution in [3.8, 4) is 0 Å². The summed E-state index contributed by atoms with van der Waals surface area (Å²) in [5, 5.41) is 3.41. The van der Waals surface area contributed by atoms with Gasteiger partial charge in [0.2, 0.25) is 11.8 Å². The van der Waals surface area contributed by atoms with Crippen LogP contribution in [0, 0.1) is 11.8 Å². The van der Waals surface area contributed by atoms with Crippen LogP contribution in [0.5, 0.6) is 0 Å². The molecule has 0 aliphatic carbocycles. The van der Waals surface area contributed by atoms with E-state index in [1.54, 1.807) is 9.80 Å². The van der Waals surface area contributed by atoms with E-state index in [4.69, 9.17) is 0 Å². The second-order valence-electron chi connectivity index (χ2n) is 7.12. The minimum absolute atomic E-state index is 0. The van der Waals surface area contributed by atoms with Crippen molar-refractivity contribution in [2.24, 2.45) is 11.8 Å². The van der Waals surface area contributed by atoms with Crippen molar-refractivity contribution in [1.29, 1.82) is 0 Å². The number of piperidine rings is 1. The molecule has 2 fully saturated rings. The van der Waals surface area contributed by atoms with Crippen LogP contribution in [0.4, 0.5) is 0 Å². The molecule has 6 heteroatoms. The summed E-state index contributed by atoms with van der Waals surface area (Å²) in [6.07, 6.45) is 2.95. The number of hydrogen-bond acceptors (Lipinski definition) is 3. The summed E-state index contributed by atoms with van der Waals surface area (Å²) in [5.74, 6) is 1.11. The van der Waals surface area contributed by atoms with Gasteiger partial charge in [-0.15, -0.1) is 12.4 Å². The van der Waals surface area contributed by atoms with E-state index in [2.05, 4.69) is 12.2 Å². The Bertz CT molecular complexity index is 408. The van der Waals surface area contributed by atoms with Crippen LogP contribution in [0.3, 0.4) is 0 Å². The van der Waals surface area contributed by atoms with Gasteiger partial charge in [0.1, 0.15) is 5.54 Å². The Balaban J connectivity index is 0.00000242. The van der Waals surface area contributed by atoms with E-state index in [0.717, 1.165) is 13.1 Å². The van der Waals surface area contributed by atoms with Crippen molar-refractivity contribution < 1.29 is 9.59 Å². The third-order valence-electron chi connectivity index (χ3n) is 5.14. The van der Waals surface area contributed by atoms with E-state index in [-0.39, 0.29) is 24.2 Å². The standard InChI is InChI=1S/C16H29N3O2.ClH/c1-12(13-6-5-7-17-11-13)10-14(20)19-9-8-18(4)15(21)16(19,2)3;/h12-13,17H,5-11H2,1-4H3;1H. The Morgan fingerprint density at radius 3 is 2.68 bits per heavy atom. The van der Waals surface area contributed by atoms with Crippen molar-refractivity contribution >= 4 is 24.2 Å². The fourth-order valence-electron chi connectivity index (χ4n) is 3.57. The van der Waals surface area contributed by atoms with E-state index >= 15 is 0 Å². The average Bonchev–Trinajstić information content (AvgIpc) is 2.45. The number of piperazine rings is 1. The summed E-state index contributed by atoms with van der Waals surface area (Å²) in [5.41, 5.74) is -0.714. The monoisotopic (exact) mass is 331 g/mol. The van der Waals surface area contributed by atoms with E-state index in [1.165, 1.54) is 12.8 Å². The van der Waals surface area contributed by atoms with Crippen molar-refractivity contribution in [2.45, 2.75) is 45.6 Å². The van der Waals surface area contributed by atoms with E-state index in [9.17, 15) is 9.59 Å². The number of carbonyl (C=O) groups excluding carboxylic acids is 2. The first-order valence-corrected chi connectivity index (χ1v) is 8.10. The lowest BCUT2D eigenvalue weighted by Crippen LogP contribution is -2.63. The molecule has 2 heterocycles. The molecule has 0 aromatic heterocycles. The minimum Gasteiger partial charge on any atom is -0.342 e. The van der Waals surface area contributed by atoms with Crippen LogP contribution >= 0.6 is 12.4 Å². The zero-order valence-electron chi connectivity index (χ0n) is 14.2. The summed E-state index contributed by atoms with van der Waals surface area (Å²) in [7, 11) is 1.81. The Morgan fingerprint density at radius 1 is 1.41 bits per heavy atom. The van der Waals surface area contributed by atoms with Gasteiger partial charge in [-0.2, -0.15) is 0 Å². The number of likely N-dealkylation sites (N-methyl/N-ethyl adjacent to an activating group) is 1. The molecule has 128 valence electrons. The lowest BCUT2D eigenvalue weighted by molar-refractivity contribution is -0.157. The molecule has 0 saturated carbocycles. The summed E-state index contributed by atoms with van der Waals surface area (Å²) >= 11 is 0. The topological polar surface area (TPSA) is 52.7 Å². The van der Waals surface area contributed by atoms with Gasteiger partial charge in [0.15, 0.2) is 0 Å². The number of amides is 2. The van der Waals surface area contributed by atoms with Gasteiger partial charge >= 0.3 is 0 Å². The smallest absolute Gasteiger partial charge is 0.247 e. The first-order valence-electron chi connectivity index (χ1n) is 8.10. The highest BCUT2D eigenvalue weighted by Gasteiger charge is 2.43. The van der Waals surface area contributed by atoms with Gasteiger partial charge < -0.3 is 15.1 Å². The number of nitrogens with one attached hydrogen (secondary N) is 1. The molecule has 2 unspecified atom stereocenters. The van der Waals surface area contributed by atoms with Crippen molar-refractivity contribution in [3.63, 3.8) is 0 Å². The Hall–Kier alpha value is -0.810. The summed E-state index contributed by atoms with van der Waals surface area (Å²) in [6.45, 7) is 9.26. The predicted molar refractivity (Wildman–Crippen MR) is 90.1 cm³/mol. The van der Waals surface area contributed by atoms with Gasteiger partial charge in [-0.25, -0.2) is 0 Å². The van der Waals surface area contributed by atoms with Crippen LogP contribution < -0.4 is 5.32 Å². The maximum absolute atomic E-state index is 12.7. The molecule has 2 saturated heterocycles. The fraction of sp³-hybridized carbons (Fsp3) is 0.875. The van der Waals surface area contributed by atoms with Crippen LogP contribution in [0.1, 0.15) is 40.0 Å². The summed E-state index contributed by atoms with van der Waals surface area (Å²) < 4.78 is 0. The average molecular weight is 332 g/mol. The maximum Gasteiger partial charge on any atom is 0.247 e. The van der Waals surface area contributed by atoms with Gasteiger partial charge in [0.05, 0.1) is 0 Å². The third kappa shape index (κ3) is 3.93. The molecule has 5 nitrogen and oxygen atoms in total. The molecular formula is C16H30ClN3O2. The molecule has 2 amide bonds. The van der Waals surface area contributed by atoms with Crippen LogP contribution in [-0.4, -0.2) is 60.4 Å². The quantitative estimate of drug-likeness (QED) is 0.853. The zero-order valence-corrected chi connectivity index (χ0v) is 15.0. The van der Waals surface area contributed by atoms with Crippen LogP contribution in [0.25, 0.3) is 0 Å². The molecule has 2 rings (SSSR count). The highest BCUT2D eigenvalue weighted by molar-refractivity contribution is 5.91. The first-order chi connectivity index (χ1) is 9.84. The fourth-order valence-corrected chi connectivity index (χ4v) is 3.57. The Kier molecular flexibility index (Phi) is 6.68. The van der Waals surface area contributed by atoms with E-state index < -0.39 is 5.54 Å². The maximum atomic E-state index is 12.7. The van der Waals surface area contributed by atoms with Gasteiger partial charge in [-0.05, 0) is 51.6 Å². The van der Waals surface area contributed by atoms with E-state index in [0.29, 0.717) is 31.3 Å². The molecule has 2 atom stereocenters. The van der Waals surface area contributed by atoms with Crippen LogP contribution in [0.2, 0.25) is 0 Å². The number of carbonyl (C=O) groups is 2. The van der Waals surface area contributed by atoms with Crippen molar-refractivity contribution in [3.05, 3.63) is 0 Å². The van der Waals surface area contributed by atoms with Gasteiger partial charge in [0, 0.05) is 26.6 Å². The molecule has 2 aliphatic heterocycles. The third-order valence-corrected chi connectivity index (χ3v) is 5.14. The zero-order chi connectivity index (χ0) is 15.6. The molecule has 0 aromatic rings. The molecule has 2 aliphatic rings. The van der Waals surface area contributed by atoms with Crippen molar-refractivity contribution in [1.82, 2.24) is 15.1 Å². The largest absolute Gasteiger partial charge is 0.342 e. The van der Waals surface area contributed by atoms with Crippen molar-refractivity contribution in [2.75, 3.05) is 33.2 Å². The molecule has 0 aromatic carbocycles. The highest BCUT2D eigenvalue weighted by atomic mass is 35.5. The number of nitrogens with zero attached hydrogens (tertiary/aromatic N) is 2. The Morgan fingerprint density at radius 2 is 2.09 bits per heavy atom.